The Kier molecular flexibility index (Phi) is 3.57. The van der Waals surface area contributed by atoms with Crippen molar-refractivity contribution in [2.75, 3.05) is 0 Å². The SMILES string of the molecule is Cc1ccc2c(c1)c(=O)[nH]c(=O)n2Cc1cccc(C(=O)O)c1. The summed E-state index contributed by atoms with van der Waals surface area (Å²) in [4.78, 5) is 37.5. The third-order valence-electron chi connectivity index (χ3n) is 3.67. The molecule has 0 aliphatic heterocycles. The predicted octanol–water partition coefficient (Wildman–Crippen LogP) is 1.74. The second-order valence-electron chi connectivity index (χ2n) is 5.37. The molecule has 3 aromatic rings. The van der Waals surface area contributed by atoms with E-state index in [0.717, 1.165) is 5.56 Å². The molecule has 0 radical (unpaired) electrons. The van der Waals surface area contributed by atoms with Gasteiger partial charge in [-0.15, -0.1) is 0 Å². The highest BCUT2D eigenvalue weighted by molar-refractivity contribution is 5.87. The Balaban J connectivity index is 2.17. The molecule has 0 saturated heterocycles. The molecule has 116 valence electrons. The number of hydrogen-bond donors (Lipinski definition) is 2. The van der Waals surface area contributed by atoms with Gasteiger partial charge in [0.2, 0.25) is 0 Å². The summed E-state index contributed by atoms with van der Waals surface area (Å²) in [5.74, 6) is -1.03. The van der Waals surface area contributed by atoms with Gasteiger partial charge in [0.1, 0.15) is 0 Å². The maximum atomic E-state index is 12.2. The highest BCUT2D eigenvalue weighted by atomic mass is 16.4. The van der Waals surface area contributed by atoms with E-state index in [0.29, 0.717) is 16.5 Å². The molecular weight excluding hydrogens is 296 g/mol. The Morgan fingerprint density at radius 1 is 1.17 bits per heavy atom. The lowest BCUT2D eigenvalue weighted by Crippen LogP contribution is -2.30. The standard InChI is InChI=1S/C17H14N2O4/c1-10-5-6-14-13(7-10)15(20)18-17(23)19(14)9-11-3-2-4-12(8-11)16(21)22/h2-8H,9H2,1H3,(H,21,22)(H,18,20,23). The van der Waals surface area contributed by atoms with Crippen molar-refractivity contribution in [1.29, 1.82) is 0 Å². The number of nitrogens with zero attached hydrogens (tertiary/aromatic N) is 1. The van der Waals surface area contributed by atoms with Gasteiger partial charge in [-0.2, -0.15) is 0 Å². The van der Waals surface area contributed by atoms with Gasteiger partial charge < -0.3 is 5.11 Å². The van der Waals surface area contributed by atoms with Crippen LogP contribution in [0, 0.1) is 6.92 Å². The number of carboxylic acids is 1. The Bertz CT molecular complexity index is 1030. The van der Waals surface area contributed by atoms with Crippen LogP contribution in [0.1, 0.15) is 21.5 Å². The molecule has 2 aromatic carbocycles. The Hall–Kier alpha value is -3.15. The fraction of sp³-hybridized carbons (Fsp3) is 0.118. The predicted molar refractivity (Wildman–Crippen MR) is 86.1 cm³/mol. The number of fused-ring (bicyclic) bond motifs is 1. The van der Waals surface area contributed by atoms with E-state index in [1.165, 1.54) is 16.7 Å². The van der Waals surface area contributed by atoms with Crippen molar-refractivity contribution in [3.8, 4) is 0 Å². The van der Waals surface area contributed by atoms with Crippen molar-refractivity contribution in [2.24, 2.45) is 0 Å². The lowest BCUT2D eigenvalue weighted by molar-refractivity contribution is 0.0696. The van der Waals surface area contributed by atoms with Crippen LogP contribution >= 0.6 is 0 Å². The van der Waals surface area contributed by atoms with E-state index in [4.69, 9.17) is 5.11 Å². The van der Waals surface area contributed by atoms with Gasteiger partial charge in [0.05, 0.1) is 23.0 Å². The number of aromatic carboxylic acids is 1. The van der Waals surface area contributed by atoms with Crippen LogP contribution in [-0.2, 0) is 6.54 Å². The van der Waals surface area contributed by atoms with Gasteiger partial charge in [-0.3, -0.25) is 14.3 Å². The van der Waals surface area contributed by atoms with Crippen molar-refractivity contribution < 1.29 is 9.90 Å². The van der Waals surface area contributed by atoms with Gasteiger partial charge in [-0.25, -0.2) is 9.59 Å². The first kappa shape index (κ1) is 14.8. The average Bonchev–Trinajstić information content (AvgIpc) is 2.52. The third kappa shape index (κ3) is 2.78. The molecule has 1 aromatic heterocycles. The van der Waals surface area contributed by atoms with Gasteiger partial charge in [0.25, 0.3) is 5.56 Å². The Morgan fingerprint density at radius 2 is 1.96 bits per heavy atom. The minimum atomic E-state index is -1.03. The first-order chi connectivity index (χ1) is 11.0. The van der Waals surface area contributed by atoms with Crippen LogP contribution < -0.4 is 11.2 Å². The molecule has 6 heteroatoms. The first-order valence-corrected chi connectivity index (χ1v) is 7.01. The molecule has 0 bridgehead atoms. The van der Waals surface area contributed by atoms with Crippen LogP contribution in [0.2, 0.25) is 0 Å². The summed E-state index contributed by atoms with van der Waals surface area (Å²) >= 11 is 0. The highest BCUT2D eigenvalue weighted by Gasteiger charge is 2.09. The van der Waals surface area contributed by atoms with Crippen molar-refractivity contribution in [3.63, 3.8) is 0 Å². The number of carboxylic acid groups (broad SMARTS) is 1. The zero-order chi connectivity index (χ0) is 16.6. The van der Waals surface area contributed by atoms with Gasteiger partial charge in [-0.05, 0) is 36.8 Å². The lowest BCUT2D eigenvalue weighted by atomic mass is 10.1. The summed E-state index contributed by atoms with van der Waals surface area (Å²) in [6.45, 7) is 2.04. The summed E-state index contributed by atoms with van der Waals surface area (Å²) in [6.07, 6.45) is 0. The fourth-order valence-electron chi connectivity index (χ4n) is 2.55. The summed E-state index contributed by atoms with van der Waals surface area (Å²) < 4.78 is 1.43. The highest BCUT2D eigenvalue weighted by Crippen LogP contribution is 2.13. The maximum absolute atomic E-state index is 12.2. The molecule has 0 atom stereocenters. The van der Waals surface area contributed by atoms with Crippen LogP contribution in [0.4, 0.5) is 0 Å². The molecule has 2 N–H and O–H groups in total. The number of carbonyl (C=O) groups is 1. The quantitative estimate of drug-likeness (QED) is 0.771. The number of rotatable bonds is 3. The lowest BCUT2D eigenvalue weighted by Gasteiger charge is -2.10. The van der Waals surface area contributed by atoms with Gasteiger partial charge in [-0.1, -0.05) is 23.8 Å². The monoisotopic (exact) mass is 310 g/mol. The summed E-state index contributed by atoms with van der Waals surface area (Å²) in [5, 5.41) is 9.48. The van der Waals surface area contributed by atoms with E-state index >= 15 is 0 Å². The molecule has 0 amide bonds. The van der Waals surface area contributed by atoms with Crippen molar-refractivity contribution >= 4 is 16.9 Å². The van der Waals surface area contributed by atoms with E-state index in [-0.39, 0.29) is 12.1 Å². The minimum absolute atomic E-state index is 0.153. The van der Waals surface area contributed by atoms with E-state index in [1.807, 2.05) is 13.0 Å². The average molecular weight is 310 g/mol. The van der Waals surface area contributed by atoms with Crippen LogP contribution in [0.25, 0.3) is 10.9 Å². The van der Waals surface area contributed by atoms with E-state index in [2.05, 4.69) is 4.98 Å². The topological polar surface area (TPSA) is 92.2 Å². The van der Waals surface area contributed by atoms with Crippen molar-refractivity contribution in [2.45, 2.75) is 13.5 Å². The Morgan fingerprint density at radius 3 is 2.70 bits per heavy atom. The molecule has 0 aliphatic rings. The normalized spacial score (nSPS) is 10.8. The van der Waals surface area contributed by atoms with Gasteiger partial charge in [0, 0.05) is 0 Å². The second kappa shape index (κ2) is 5.57. The van der Waals surface area contributed by atoms with Crippen molar-refractivity contribution in [3.05, 3.63) is 80.0 Å². The fourth-order valence-corrected chi connectivity index (χ4v) is 2.55. The number of aromatic nitrogens is 2. The first-order valence-electron chi connectivity index (χ1n) is 7.01. The van der Waals surface area contributed by atoms with Crippen LogP contribution in [0.5, 0.6) is 0 Å². The third-order valence-corrected chi connectivity index (χ3v) is 3.67. The second-order valence-corrected chi connectivity index (χ2v) is 5.37. The molecule has 6 nitrogen and oxygen atoms in total. The molecule has 0 aliphatic carbocycles. The molecule has 23 heavy (non-hydrogen) atoms. The molecule has 0 fully saturated rings. The van der Waals surface area contributed by atoms with Crippen LogP contribution in [-0.4, -0.2) is 20.6 Å². The number of aryl methyl sites for hydroxylation is 1. The maximum Gasteiger partial charge on any atom is 0.335 e. The van der Waals surface area contributed by atoms with Crippen LogP contribution in [0.15, 0.2) is 52.1 Å². The summed E-state index contributed by atoms with van der Waals surface area (Å²) in [7, 11) is 0. The number of hydrogen-bond acceptors (Lipinski definition) is 3. The van der Waals surface area contributed by atoms with Gasteiger partial charge >= 0.3 is 11.7 Å². The largest absolute Gasteiger partial charge is 0.478 e. The number of aromatic amines is 1. The van der Waals surface area contributed by atoms with Crippen LogP contribution in [0.3, 0.4) is 0 Å². The van der Waals surface area contributed by atoms with E-state index in [9.17, 15) is 14.4 Å². The molecule has 3 rings (SSSR count). The van der Waals surface area contributed by atoms with Gasteiger partial charge in [0.15, 0.2) is 0 Å². The number of nitrogens with one attached hydrogen (secondary N) is 1. The number of H-pyrrole nitrogens is 1. The molecule has 0 saturated carbocycles. The van der Waals surface area contributed by atoms with Crippen molar-refractivity contribution in [1.82, 2.24) is 9.55 Å². The summed E-state index contributed by atoms with van der Waals surface area (Å²) in [6, 6.07) is 11.6. The minimum Gasteiger partial charge on any atom is -0.478 e. The smallest absolute Gasteiger partial charge is 0.335 e. The molecule has 0 unspecified atom stereocenters. The molecule has 0 spiro atoms. The zero-order valence-corrected chi connectivity index (χ0v) is 12.4. The zero-order valence-electron chi connectivity index (χ0n) is 12.4. The Labute approximate surface area is 130 Å². The number of benzene rings is 2. The molecular formula is C17H14N2O4. The summed E-state index contributed by atoms with van der Waals surface area (Å²) in [5.41, 5.74) is 1.31. The van der Waals surface area contributed by atoms with E-state index in [1.54, 1.807) is 24.3 Å². The molecule has 1 heterocycles. The van der Waals surface area contributed by atoms with E-state index < -0.39 is 17.2 Å².